The lowest BCUT2D eigenvalue weighted by Gasteiger charge is -2.29. The van der Waals surface area contributed by atoms with Crippen LogP contribution in [-0.4, -0.2) is 88.5 Å². The zero-order valence-electron chi connectivity index (χ0n) is 32.2. The number of carbonyl (C=O) groups excluding carboxylic acids is 5. The third kappa shape index (κ3) is 13.5. The van der Waals surface area contributed by atoms with Gasteiger partial charge in [-0.15, -0.1) is 0 Å². The Bertz CT molecular complexity index is 1560. The molecule has 14 heteroatoms. The summed E-state index contributed by atoms with van der Waals surface area (Å²) in [7, 11) is 0. The van der Waals surface area contributed by atoms with Crippen molar-refractivity contribution in [2.45, 2.75) is 116 Å². The number of amides is 5. The summed E-state index contributed by atoms with van der Waals surface area (Å²) in [6, 6.07) is 9.25. The monoisotopic (exact) mass is 750 g/mol. The van der Waals surface area contributed by atoms with E-state index in [2.05, 4.69) is 31.9 Å². The first-order chi connectivity index (χ1) is 25.6. The number of nitrogens with one attached hydrogen (secondary N) is 6. The Balaban J connectivity index is 1.86. The Morgan fingerprint density at radius 3 is 1.78 bits per heavy atom. The second-order valence-electron chi connectivity index (χ2n) is 15.0. The number of aliphatic carboxylic acids is 1. The largest absolute Gasteiger partial charge is 0.508 e. The molecule has 8 N–H and O–H groups in total. The number of benzene rings is 2. The molecule has 3 rings (SSSR count). The van der Waals surface area contributed by atoms with E-state index in [0.29, 0.717) is 24.9 Å². The summed E-state index contributed by atoms with van der Waals surface area (Å²) < 4.78 is 0. The Morgan fingerprint density at radius 2 is 1.24 bits per heavy atom. The Kier molecular flexibility index (Phi) is 16.9. The molecule has 0 aliphatic carbocycles. The predicted molar refractivity (Wildman–Crippen MR) is 204 cm³/mol. The van der Waals surface area contributed by atoms with Gasteiger partial charge >= 0.3 is 5.97 Å². The van der Waals surface area contributed by atoms with Crippen molar-refractivity contribution in [3.05, 3.63) is 65.7 Å². The first-order valence-electron chi connectivity index (χ1n) is 18.9. The van der Waals surface area contributed by atoms with E-state index < -0.39 is 71.8 Å². The fourth-order valence-corrected chi connectivity index (χ4v) is 6.28. The van der Waals surface area contributed by atoms with Gasteiger partial charge in [0.1, 0.15) is 36.0 Å². The number of rotatable bonds is 20. The van der Waals surface area contributed by atoms with Gasteiger partial charge in [-0.05, 0) is 66.8 Å². The minimum Gasteiger partial charge on any atom is -0.508 e. The van der Waals surface area contributed by atoms with E-state index >= 15 is 0 Å². The summed E-state index contributed by atoms with van der Waals surface area (Å²) in [6.45, 7) is 11.4. The van der Waals surface area contributed by atoms with Gasteiger partial charge in [-0.2, -0.15) is 0 Å². The fraction of sp³-hybridized carbons (Fsp3) is 0.550. The summed E-state index contributed by atoms with van der Waals surface area (Å²) in [5.74, 6) is -4.94. The highest BCUT2D eigenvalue weighted by Gasteiger charge is 2.35. The van der Waals surface area contributed by atoms with Crippen molar-refractivity contribution in [2.75, 3.05) is 6.54 Å². The summed E-state index contributed by atoms with van der Waals surface area (Å²) in [4.78, 5) is 80.5. The minimum absolute atomic E-state index is 0.00944. The molecule has 54 heavy (non-hydrogen) atoms. The molecule has 1 saturated heterocycles. The number of carboxylic acid groups (broad SMARTS) is 1. The van der Waals surface area contributed by atoms with Crippen LogP contribution in [-0.2, 0) is 41.6 Å². The number of hydrogen-bond acceptors (Lipinski definition) is 8. The molecule has 1 aliphatic rings. The molecule has 7 atom stereocenters. The quantitative estimate of drug-likeness (QED) is 0.0995. The zero-order chi connectivity index (χ0) is 39.9. The average Bonchev–Trinajstić information content (AvgIpc) is 3.68. The van der Waals surface area contributed by atoms with Crippen LogP contribution in [0.4, 0.5) is 0 Å². The maximum atomic E-state index is 14.0. The number of carbonyl (C=O) groups is 6. The van der Waals surface area contributed by atoms with Crippen LogP contribution in [0.15, 0.2) is 54.6 Å². The van der Waals surface area contributed by atoms with E-state index in [-0.39, 0.29) is 42.8 Å². The van der Waals surface area contributed by atoms with Crippen molar-refractivity contribution < 1.29 is 39.0 Å². The summed E-state index contributed by atoms with van der Waals surface area (Å²) in [5.41, 5.74) is 1.41. The number of phenolic OH excluding ortho intramolecular Hbond substituents is 1. The van der Waals surface area contributed by atoms with E-state index in [0.717, 1.165) is 12.0 Å². The van der Waals surface area contributed by atoms with Gasteiger partial charge in [0.15, 0.2) is 0 Å². The molecule has 0 saturated carbocycles. The van der Waals surface area contributed by atoms with Crippen molar-refractivity contribution in [3.8, 4) is 5.75 Å². The van der Waals surface area contributed by atoms with Gasteiger partial charge in [0.25, 0.3) is 0 Å². The van der Waals surface area contributed by atoms with Crippen molar-refractivity contribution in [1.82, 2.24) is 31.9 Å². The normalized spacial score (nSPS) is 17.4. The van der Waals surface area contributed by atoms with Crippen LogP contribution >= 0.6 is 0 Å². The molecule has 2 aromatic rings. The number of phenols is 1. The molecule has 2 aromatic carbocycles. The van der Waals surface area contributed by atoms with Gasteiger partial charge in [-0.3, -0.25) is 24.0 Å². The SMILES string of the molecule is CC[C@H](C)[C@H](NC(=O)[C@H](CC(C)C)NC(=O)[C@H](Cc1ccc(O)cc1)NC(=O)[C@@H](NC(=O)[C@H](Cc1ccccc1)NC(=O)[C@@H]1CCCN1)C(C)C)C(=O)O. The summed E-state index contributed by atoms with van der Waals surface area (Å²) in [6.07, 6.45) is 2.33. The third-order valence-electron chi connectivity index (χ3n) is 9.67. The second-order valence-corrected chi connectivity index (χ2v) is 15.0. The van der Waals surface area contributed by atoms with E-state index in [1.165, 1.54) is 12.1 Å². The number of carboxylic acids is 1. The Morgan fingerprint density at radius 1 is 0.704 bits per heavy atom. The van der Waals surface area contributed by atoms with Crippen molar-refractivity contribution in [3.63, 3.8) is 0 Å². The lowest BCUT2D eigenvalue weighted by Crippen LogP contribution is -2.61. The molecule has 1 heterocycles. The first-order valence-corrected chi connectivity index (χ1v) is 18.9. The standard InChI is InChI=1S/C40H58N6O8/c1-7-25(6)34(40(53)54)46-37(50)30(20-23(2)3)42-36(49)31(22-27-15-17-28(47)18-16-27)44-39(52)33(24(4)5)45-38(51)32(21-26-12-9-8-10-13-26)43-35(48)29-14-11-19-41-29/h8-10,12-13,15-18,23-25,29-34,41,47H,7,11,14,19-22H2,1-6H3,(H,42,49)(H,43,48)(H,44,52)(H,45,51)(H,46,50)(H,53,54)/t25-,29-,30-,31-,32-,33-,34-/m0/s1. The molecular formula is C40H58N6O8. The maximum absolute atomic E-state index is 14.0. The molecule has 0 radical (unpaired) electrons. The molecule has 1 fully saturated rings. The predicted octanol–water partition coefficient (Wildman–Crippen LogP) is 2.19. The third-order valence-corrected chi connectivity index (χ3v) is 9.67. The van der Waals surface area contributed by atoms with Crippen LogP contribution in [0.3, 0.4) is 0 Å². The number of hydrogen-bond donors (Lipinski definition) is 8. The van der Waals surface area contributed by atoms with E-state index in [9.17, 15) is 39.0 Å². The maximum Gasteiger partial charge on any atom is 0.326 e. The number of aromatic hydroxyl groups is 1. The lowest BCUT2D eigenvalue weighted by molar-refractivity contribution is -0.144. The fourth-order valence-electron chi connectivity index (χ4n) is 6.28. The van der Waals surface area contributed by atoms with Crippen LogP contribution in [0.1, 0.15) is 78.4 Å². The average molecular weight is 751 g/mol. The first kappa shape index (κ1) is 43.4. The molecule has 0 unspecified atom stereocenters. The minimum atomic E-state index is -1.24. The van der Waals surface area contributed by atoms with Crippen molar-refractivity contribution in [2.24, 2.45) is 17.8 Å². The van der Waals surface area contributed by atoms with Crippen molar-refractivity contribution in [1.29, 1.82) is 0 Å². The van der Waals surface area contributed by atoms with Crippen LogP contribution in [0.25, 0.3) is 0 Å². The molecule has 0 spiro atoms. The van der Waals surface area contributed by atoms with E-state index in [1.807, 2.05) is 51.1 Å². The molecule has 5 amide bonds. The molecule has 296 valence electrons. The van der Waals surface area contributed by atoms with Crippen LogP contribution in [0, 0.1) is 17.8 Å². The van der Waals surface area contributed by atoms with Gasteiger partial charge in [0.2, 0.25) is 29.5 Å². The summed E-state index contributed by atoms with van der Waals surface area (Å²) >= 11 is 0. The van der Waals surface area contributed by atoms with Crippen LogP contribution in [0.2, 0.25) is 0 Å². The highest BCUT2D eigenvalue weighted by molar-refractivity contribution is 5.96. The Labute approximate surface area is 318 Å². The molecule has 0 aromatic heterocycles. The van der Waals surface area contributed by atoms with Gasteiger partial charge in [0.05, 0.1) is 6.04 Å². The smallest absolute Gasteiger partial charge is 0.326 e. The van der Waals surface area contributed by atoms with Gasteiger partial charge < -0.3 is 42.1 Å². The van der Waals surface area contributed by atoms with Crippen LogP contribution in [0.5, 0.6) is 5.75 Å². The lowest BCUT2D eigenvalue weighted by atomic mass is 9.97. The molecule has 0 bridgehead atoms. The van der Waals surface area contributed by atoms with Gasteiger partial charge in [0, 0.05) is 12.8 Å². The topological polar surface area (TPSA) is 215 Å². The van der Waals surface area contributed by atoms with Gasteiger partial charge in [-0.1, -0.05) is 90.4 Å². The highest BCUT2D eigenvalue weighted by Crippen LogP contribution is 2.15. The zero-order valence-corrected chi connectivity index (χ0v) is 32.2. The van der Waals surface area contributed by atoms with Crippen LogP contribution < -0.4 is 31.9 Å². The molecule has 1 aliphatic heterocycles. The van der Waals surface area contributed by atoms with E-state index in [1.54, 1.807) is 32.9 Å². The highest BCUT2D eigenvalue weighted by atomic mass is 16.4. The second kappa shape index (κ2) is 21.0. The van der Waals surface area contributed by atoms with Crippen molar-refractivity contribution >= 4 is 35.5 Å². The Hall–Kier alpha value is -4.98. The summed E-state index contributed by atoms with van der Waals surface area (Å²) in [5, 5.41) is 36.5. The molecular weight excluding hydrogens is 692 g/mol. The van der Waals surface area contributed by atoms with Gasteiger partial charge in [-0.25, -0.2) is 4.79 Å². The van der Waals surface area contributed by atoms with E-state index in [4.69, 9.17) is 0 Å². The molecule has 14 nitrogen and oxygen atoms in total.